The van der Waals surface area contributed by atoms with Crippen LogP contribution >= 0.6 is 23.1 Å². The van der Waals surface area contributed by atoms with Gasteiger partial charge < -0.3 is 10.4 Å². The molecule has 0 unspecified atom stereocenters. The van der Waals surface area contributed by atoms with Gasteiger partial charge in [0.2, 0.25) is 5.91 Å². The van der Waals surface area contributed by atoms with Gasteiger partial charge in [0.1, 0.15) is 6.04 Å². The van der Waals surface area contributed by atoms with Crippen molar-refractivity contribution in [2.45, 2.75) is 39.5 Å². The fraction of sp³-hybridized carbons (Fsp3) is 0.615. The highest BCUT2D eigenvalue weighted by molar-refractivity contribution is 7.99. The van der Waals surface area contributed by atoms with Crippen molar-refractivity contribution in [2.24, 2.45) is 5.41 Å². The first-order valence-electron chi connectivity index (χ1n) is 6.21. The van der Waals surface area contributed by atoms with Crippen LogP contribution in [-0.2, 0) is 15.3 Å². The molecular formula is C13H20N2O3S2. The summed E-state index contributed by atoms with van der Waals surface area (Å²) in [5.41, 5.74) is 0.439. The molecule has 0 aromatic carbocycles. The smallest absolute Gasteiger partial charge is 0.326 e. The van der Waals surface area contributed by atoms with E-state index in [0.29, 0.717) is 5.75 Å². The third-order valence-electron chi connectivity index (χ3n) is 2.57. The van der Waals surface area contributed by atoms with Crippen molar-refractivity contribution in [2.75, 3.05) is 5.75 Å². The summed E-state index contributed by atoms with van der Waals surface area (Å²) in [6, 6.07) is -0.878. The number of aryl methyl sites for hydroxylation is 1. The van der Waals surface area contributed by atoms with Crippen LogP contribution in [0.15, 0.2) is 5.38 Å². The average molecular weight is 316 g/mol. The van der Waals surface area contributed by atoms with Crippen LogP contribution in [0.1, 0.15) is 31.5 Å². The number of nitrogens with zero attached hydrogens (tertiary/aromatic N) is 1. The number of thioether (sulfide) groups is 1. The lowest BCUT2D eigenvalue weighted by Crippen LogP contribution is -2.49. The number of rotatable bonds is 6. The van der Waals surface area contributed by atoms with E-state index in [1.54, 1.807) is 32.1 Å². The zero-order valence-electron chi connectivity index (χ0n) is 12.1. The Hall–Kier alpha value is -1.08. The Balaban J connectivity index is 2.41. The highest BCUT2D eigenvalue weighted by Crippen LogP contribution is 2.20. The standard InChI is InChI=1S/C13H20N2O3S2/c1-8-14-9(6-20-8)5-19-7-10(16)15-11(12(17)18)13(2,3)4/h6,11H,5,7H2,1-4H3,(H,15,16)(H,17,18)/t11-/m0/s1. The predicted octanol–water partition coefficient (Wildman–Crippen LogP) is 2.30. The van der Waals surface area contributed by atoms with Gasteiger partial charge in [-0.15, -0.1) is 23.1 Å². The summed E-state index contributed by atoms with van der Waals surface area (Å²) in [7, 11) is 0. The van der Waals surface area contributed by atoms with Crippen LogP contribution in [0.2, 0.25) is 0 Å². The topological polar surface area (TPSA) is 79.3 Å². The second kappa shape index (κ2) is 7.08. The van der Waals surface area contributed by atoms with E-state index in [1.807, 2.05) is 12.3 Å². The number of carboxylic acids is 1. The number of amides is 1. The van der Waals surface area contributed by atoms with Crippen LogP contribution < -0.4 is 5.32 Å². The molecule has 112 valence electrons. The zero-order valence-corrected chi connectivity index (χ0v) is 13.7. The highest BCUT2D eigenvalue weighted by Gasteiger charge is 2.32. The lowest BCUT2D eigenvalue weighted by Gasteiger charge is -2.27. The number of carbonyl (C=O) groups is 2. The van der Waals surface area contributed by atoms with Gasteiger partial charge in [-0.3, -0.25) is 4.79 Å². The van der Waals surface area contributed by atoms with Crippen LogP contribution in [0.4, 0.5) is 0 Å². The summed E-state index contributed by atoms with van der Waals surface area (Å²) in [5.74, 6) is -0.378. The van der Waals surface area contributed by atoms with Gasteiger partial charge in [-0.05, 0) is 12.3 Å². The molecule has 2 N–H and O–H groups in total. The molecular weight excluding hydrogens is 296 g/mol. The lowest BCUT2D eigenvalue weighted by atomic mass is 9.87. The number of hydrogen-bond acceptors (Lipinski definition) is 5. The van der Waals surface area contributed by atoms with Crippen molar-refractivity contribution in [1.29, 1.82) is 0 Å². The van der Waals surface area contributed by atoms with Crippen molar-refractivity contribution in [3.8, 4) is 0 Å². The van der Waals surface area contributed by atoms with E-state index in [-0.39, 0.29) is 11.7 Å². The number of nitrogens with one attached hydrogen (secondary N) is 1. The van der Waals surface area contributed by atoms with Gasteiger partial charge in [-0.2, -0.15) is 0 Å². The number of hydrogen-bond donors (Lipinski definition) is 2. The molecule has 1 amide bonds. The van der Waals surface area contributed by atoms with Crippen LogP contribution in [0.3, 0.4) is 0 Å². The van der Waals surface area contributed by atoms with Crippen molar-refractivity contribution >= 4 is 35.0 Å². The van der Waals surface area contributed by atoms with E-state index in [2.05, 4.69) is 10.3 Å². The van der Waals surface area contributed by atoms with Gasteiger partial charge in [-0.1, -0.05) is 20.8 Å². The molecule has 0 radical (unpaired) electrons. The Kier molecular flexibility index (Phi) is 6.01. The molecule has 0 fully saturated rings. The third kappa shape index (κ3) is 5.50. The number of aliphatic carboxylic acids is 1. The average Bonchev–Trinajstić information content (AvgIpc) is 2.70. The van der Waals surface area contributed by atoms with Crippen LogP contribution in [0.25, 0.3) is 0 Å². The maximum atomic E-state index is 11.8. The largest absolute Gasteiger partial charge is 0.480 e. The first kappa shape index (κ1) is 17.0. The van der Waals surface area contributed by atoms with E-state index >= 15 is 0 Å². The Morgan fingerprint density at radius 3 is 2.60 bits per heavy atom. The lowest BCUT2D eigenvalue weighted by molar-refractivity contribution is -0.144. The molecule has 0 saturated carbocycles. The minimum Gasteiger partial charge on any atom is -0.480 e. The Labute approximate surface area is 127 Å². The normalized spacial score (nSPS) is 13.0. The summed E-state index contributed by atoms with van der Waals surface area (Å²) in [6.45, 7) is 7.30. The van der Waals surface area contributed by atoms with Gasteiger partial charge in [-0.25, -0.2) is 9.78 Å². The highest BCUT2D eigenvalue weighted by atomic mass is 32.2. The zero-order chi connectivity index (χ0) is 15.3. The predicted molar refractivity (Wildman–Crippen MR) is 82.0 cm³/mol. The molecule has 1 heterocycles. The monoisotopic (exact) mass is 316 g/mol. The fourth-order valence-electron chi connectivity index (χ4n) is 1.57. The Morgan fingerprint density at radius 2 is 2.15 bits per heavy atom. The van der Waals surface area contributed by atoms with E-state index in [4.69, 9.17) is 5.11 Å². The first-order chi connectivity index (χ1) is 9.20. The van der Waals surface area contributed by atoms with E-state index in [0.717, 1.165) is 10.7 Å². The molecule has 1 aromatic rings. The second-order valence-electron chi connectivity index (χ2n) is 5.56. The van der Waals surface area contributed by atoms with Crippen LogP contribution in [0, 0.1) is 12.3 Å². The van der Waals surface area contributed by atoms with E-state index in [1.165, 1.54) is 11.8 Å². The second-order valence-corrected chi connectivity index (χ2v) is 7.60. The molecule has 20 heavy (non-hydrogen) atoms. The molecule has 0 spiro atoms. The number of carbonyl (C=O) groups excluding carboxylic acids is 1. The van der Waals surface area contributed by atoms with Crippen LogP contribution in [-0.4, -0.2) is 33.8 Å². The van der Waals surface area contributed by atoms with Crippen molar-refractivity contribution in [3.05, 3.63) is 16.1 Å². The summed E-state index contributed by atoms with van der Waals surface area (Å²) in [6.07, 6.45) is 0. The number of carboxylic acid groups (broad SMARTS) is 1. The van der Waals surface area contributed by atoms with Gasteiger partial charge in [0.25, 0.3) is 0 Å². The van der Waals surface area contributed by atoms with Crippen molar-refractivity contribution in [3.63, 3.8) is 0 Å². The molecule has 1 aromatic heterocycles. The number of aromatic nitrogens is 1. The summed E-state index contributed by atoms with van der Waals surface area (Å²) >= 11 is 3.01. The minimum atomic E-state index is -1.01. The minimum absolute atomic E-state index is 0.233. The molecule has 5 nitrogen and oxygen atoms in total. The fourth-order valence-corrected chi connectivity index (χ4v) is 3.02. The van der Waals surface area contributed by atoms with Gasteiger partial charge >= 0.3 is 5.97 Å². The van der Waals surface area contributed by atoms with Gasteiger partial charge in [0.05, 0.1) is 16.5 Å². The SMILES string of the molecule is Cc1nc(CSCC(=O)N[C@@H](C(=O)O)C(C)(C)C)cs1. The molecule has 0 saturated heterocycles. The third-order valence-corrected chi connectivity index (χ3v) is 4.36. The maximum Gasteiger partial charge on any atom is 0.326 e. The molecule has 0 aliphatic rings. The molecule has 7 heteroatoms. The van der Waals surface area contributed by atoms with Crippen molar-refractivity contribution in [1.82, 2.24) is 10.3 Å². The van der Waals surface area contributed by atoms with E-state index in [9.17, 15) is 9.59 Å². The molecule has 1 rings (SSSR count). The van der Waals surface area contributed by atoms with Crippen molar-refractivity contribution < 1.29 is 14.7 Å². The van der Waals surface area contributed by atoms with Gasteiger partial charge in [0, 0.05) is 11.1 Å². The molecule has 0 aliphatic heterocycles. The number of thiazole rings is 1. The maximum absolute atomic E-state index is 11.8. The summed E-state index contributed by atoms with van der Waals surface area (Å²) in [4.78, 5) is 27.2. The molecule has 1 atom stereocenters. The van der Waals surface area contributed by atoms with Gasteiger partial charge in [0.15, 0.2) is 0 Å². The summed E-state index contributed by atoms with van der Waals surface area (Å²) < 4.78 is 0. The molecule has 0 bridgehead atoms. The van der Waals surface area contributed by atoms with Crippen LogP contribution in [0.5, 0.6) is 0 Å². The quantitative estimate of drug-likeness (QED) is 0.842. The Bertz CT molecular complexity index is 480. The molecule has 0 aliphatic carbocycles. The Morgan fingerprint density at radius 1 is 1.50 bits per heavy atom. The first-order valence-corrected chi connectivity index (χ1v) is 8.24. The summed E-state index contributed by atoms with van der Waals surface area (Å²) in [5, 5.41) is 14.7. The van der Waals surface area contributed by atoms with E-state index < -0.39 is 17.4 Å².